The summed E-state index contributed by atoms with van der Waals surface area (Å²) < 4.78 is 16.1. The van der Waals surface area contributed by atoms with Crippen LogP contribution in [-0.2, 0) is 24.4 Å². The molecule has 0 unspecified atom stereocenters. The molecule has 0 atom stereocenters. The fourth-order valence-corrected chi connectivity index (χ4v) is 2.86. The molecule has 0 aliphatic rings. The Morgan fingerprint density at radius 2 is 1.63 bits per heavy atom. The number of carbonyl (C=O) groups is 1. The number of amides is 1. The lowest BCUT2D eigenvalue weighted by Crippen LogP contribution is -2.37. The fourth-order valence-electron chi connectivity index (χ4n) is 2.86. The molecule has 0 fully saturated rings. The largest absolute Gasteiger partial charge is 0.497 e. The molecule has 0 aliphatic heterocycles. The van der Waals surface area contributed by atoms with Crippen LogP contribution in [0, 0.1) is 0 Å². The first-order valence-electron chi connectivity index (χ1n) is 8.78. The summed E-state index contributed by atoms with van der Waals surface area (Å²) in [6, 6.07) is 15.2. The molecule has 0 radical (unpaired) electrons. The molecule has 0 N–H and O–H groups in total. The van der Waals surface area contributed by atoms with Gasteiger partial charge >= 0.3 is 0 Å². The van der Waals surface area contributed by atoms with Crippen LogP contribution in [0.3, 0.4) is 0 Å². The van der Waals surface area contributed by atoms with Crippen molar-refractivity contribution in [2.24, 2.45) is 0 Å². The van der Waals surface area contributed by atoms with Crippen LogP contribution in [0.5, 0.6) is 5.75 Å². The second-order valence-electron chi connectivity index (χ2n) is 6.41. The van der Waals surface area contributed by atoms with Crippen molar-refractivity contribution in [3.8, 4) is 5.75 Å². The third kappa shape index (κ3) is 5.49. The van der Waals surface area contributed by atoms with E-state index >= 15 is 0 Å². The SMILES string of the molecule is COc1cccc(CN(C)C(=O)CN(Cc2ccco2)Cc2ccco2)c1. The first kappa shape index (κ1) is 18.8. The molecular weight excluding hydrogens is 344 g/mol. The Morgan fingerprint density at radius 1 is 0.963 bits per heavy atom. The molecule has 0 bridgehead atoms. The van der Waals surface area contributed by atoms with E-state index in [1.165, 1.54) is 0 Å². The minimum atomic E-state index is 0.0240. The molecule has 3 rings (SSSR count). The summed E-state index contributed by atoms with van der Waals surface area (Å²) in [7, 11) is 3.44. The zero-order valence-electron chi connectivity index (χ0n) is 15.6. The second-order valence-corrected chi connectivity index (χ2v) is 6.41. The molecule has 1 aromatic carbocycles. The van der Waals surface area contributed by atoms with Gasteiger partial charge in [-0.1, -0.05) is 12.1 Å². The van der Waals surface area contributed by atoms with Crippen LogP contribution in [0.1, 0.15) is 17.1 Å². The molecule has 0 spiro atoms. The molecule has 6 nitrogen and oxygen atoms in total. The van der Waals surface area contributed by atoms with Crippen molar-refractivity contribution in [2.75, 3.05) is 20.7 Å². The Balaban J connectivity index is 1.63. The van der Waals surface area contributed by atoms with E-state index in [1.54, 1.807) is 31.6 Å². The number of ether oxygens (including phenoxy) is 1. The molecule has 6 heteroatoms. The van der Waals surface area contributed by atoms with Crippen LogP contribution >= 0.6 is 0 Å². The van der Waals surface area contributed by atoms with E-state index in [4.69, 9.17) is 13.6 Å². The van der Waals surface area contributed by atoms with Crippen molar-refractivity contribution in [3.63, 3.8) is 0 Å². The Morgan fingerprint density at radius 3 is 2.19 bits per heavy atom. The summed E-state index contributed by atoms with van der Waals surface area (Å²) in [5.74, 6) is 2.43. The lowest BCUT2D eigenvalue weighted by molar-refractivity contribution is -0.132. The number of methoxy groups -OCH3 is 1. The van der Waals surface area contributed by atoms with Gasteiger partial charge in [0.1, 0.15) is 17.3 Å². The second kappa shape index (κ2) is 9.09. The molecule has 1 amide bonds. The zero-order valence-corrected chi connectivity index (χ0v) is 15.6. The molecule has 142 valence electrons. The monoisotopic (exact) mass is 368 g/mol. The van der Waals surface area contributed by atoms with E-state index in [2.05, 4.69) is 0 Å². The number of hydrogen-bond donors (Lipinski definition) is 0. The predicted octanol–water partition coefficient (Wildman–Crippen LogP) is 3.54. The maximum atomic E-state index is 12.8. The number of benzene rings is 1. The molecular formula is C21H24N2O4. The first-order chi connectivity index (χ1) is 13.1. The predicted molar refractivity (Wildman–Crippen MR) is 101 cm³/mol. The summed E-state index contributed by atoms with van der Waals surface area (Å²) in [6.45, 7) is 1.85. The quantitative estimate of drug-likeness (QED) is 0.578. The van der Waals surface area contributed by atoms with Crippen molar-refractivity contribution in [2.45, 2.75) is 19.6 Å². The van der Waals surface area contributed by atoms with Gasteiger partial charge in [-0.2, -0.15) is 0 Å². The number of carbonyl (C=O) groups excluding carboxylic acids is 1. The highest BCUT2D eigenvalue weighted by Gasteiger charge is 2.17. The van der Waals surface area contributed by atoms with E-state index < -0.39 is 0 Å². The minimum absolute atomic E-state index is 0.0240. The summed E-state index contributed by atoms with van der Waals surface area (Å²) in [5.41, 5.74) is 1.02. The van der Waals surface area contributed by atoms with Crippen LogP contribution in [0.25, 0.3) is 0 Å². The van der Waals surface area contributed by atoms with Gasteiger partial charge < -0.3 is 18.5 Å². The summed E-state index contributed by atoms with van der Waals surface area (Å²) >= 11 is 0. The zero-order chi connectivity index (χ0) is 19.1. The third-order valence-corrected chi connectivity index (χ3v) is 4.26. The summed E-state index contributed by atoms with van der Waals surface area (Å²) in [5, 5.41) is 0. The standard InChI is InChI=1S/C21H24N2O4/c1-22(13-17-6-3-7-18(12-17)25-2)21(24)16-23(14-19-8-4-10-26-19)15-20-9-5-11-27-20/h3-12H,13-16H2,1-2H3. The number of rotatable bonds is 9. The van der Waals surface area contributed by atoms with Crippen molar-refractivity contribution >= 4 is 5.91 Å². The average Bonchev–Trinajstić information content (AvgIpc) is 3.36. The van der Waals surface area contributed by atoms with Crippen LogP contribution in [0.2, 0.25) is 0 Å². The maximum Gasteiger partial charge on any atom is 0.236 e. The number of likely N-dealkylation sites (N-methyl/N-ethyl adjacent to an activating group) is 1. The van der Waals surface area contributed by atoms with Crippen molar-refractivity contribution in [3.05, 3.63) is 78.1 Å². The van der Waals surface area contributed by atoms with E-state index in [0.29, 0.717) is 19.6 Å². The lowest BCUT2D eigenvalue weighted by Gasteiger charge is -2.24. The maximum absolute atomic E-state index is 12.8. The van der Waals surface area contributed by atoms with Gasteiger partial charge in [0.2, 0.25) is 5.91 Å². The normalized spacial score (nSPS) is 10.9. The van der Waals surface area contributed by atoms with Gasteiger partial charge in [-0.05, 0) is 42.0 Å². The minimum Gasteiger partial charge on any atom is -0.497 e. The Bertz CT molecular complexity index is 792. The number of nitrogens with zero attached hydrogens (tertiary/aromatic N) is 2. The number of furan rings is 2. The Labute approximate surface area is 158 Å². The van der Waals surface area contributed by atoms with E-state index in [-0.39, 0.29) is 12.5 Å². The first-order valence-corrected chi connectivity index (χ1v) is 8.78. The van der Waals surface area contributed by atoms with Crippen molar-refractivity contribution in [1.29, 1.82) is 0 Å². The van der Waals surface area contributed by atoms with Crippen molar-refractivity contribution in [1.82, 2.24) is 9.80 Å². The van der Waals surface area contributed by atoms with Gasteiger partial charge in [-0.15, -0.1) is 0 Å². The molecule has 3 aromatic rings. The lowest BCUT2D eigenvalue weighted by atomic mass is 10.2. The van der Waals surface area contributed by atoms with Gasteiger partial charge in [0.05, 0.1) is 39.3 Å². The third-order valence-electron chi connectivity index (χ3n) is 4.26. The average molecular weight is 368 g/mol. The summed E-state index contributed by atoms with van der Waals surface area (Å²) in [6.07, 6.45) is 3.27. The van der Waals surface area contributed by atoms with Gasteiger partial charge in [-0.3, -0.25) is 9.69 Å². The molecule has 0 saturated carbocycles. The Hall–Kier alpha value is -2.99. The summed E-state index contributed by atoms with van der Waals surface area (Å²) in [4.78, 5) is 16.5. The topological polar surface area (TPSA) is 59.1 Å². The van der Waals surface area contributed by atoms with Crippen LogP contribution in [-0.4, -0.2) is 36.4 Å². The molecule has 0 aliphatic carbocycles. The van der Waals surface area contributed by atoms with Crippen LogP contribution < -0.4 is 4.74 Å². The highest BCUT2D eigenvalue weighted by molar-refractivity contribution is 5.78. The van der Waals surface area contributed by atoms with Gasteiger partial charge in [-0.25, -0.2) is 0 Å². The molecule has 2 aromatic heterocycles. The number of hydrogen-bond acceptors (Lipinski definition) is 5. The van der Waals surface area contributed by atoms with E-state index in [0.717, 1.165) is 22.8 Å². The Kier molecular flexibility index (Phi) is 6.33. The highest BCUT2D eigenvalue weighted by Crippen LogP contribution is 2.15. The van der Waals surface area contributed by atoms with Gasteiger partial charge in [0.15, 0.2) is 0 Å². The smallest absolute Gasteiger partial charge is 0.236 e. The van der Waals surface area contributed by atoms with Crippen molar-refractivity contribution < 1.29 is 18.4 Å². The van der Waals surface area contributed by atoms with Crippen LogP contribution in [0.4, 0.5) is 0 Å². The van der Waals surface area contributed by atoms with E-state index in [1.807, 2.05) is 53.4 Å². The van der Waals surface area contributed by atoms with Gasteiger partial charge in [0.25, 0.3) is 0 Å². The fraction of sp³-hybridized carbons (Fsp3) is 0.286. The van der Waals surface area contributed by atoms with E-state index in [9.17, 15) is 4.79 Å². The van der Waals surface area contributed by atoms with Crippen LogP contribution in [0.15, 0.2) is 69.9 Å². The molecule has 2 heterocycles. The highest BCUT2D eigenvalue weighted by atomic mass is 16.5. The molecule has 0 saturated heterocycles. The van der Waals surface area contributed by atoms with Gasteiger partial charge in [0, 0.05) is 13.6 Å². The molecule has 27 heavy (non-hydrogen) atoms.